The van der Waals surface area contributed by atoms with E-state index in [2.05, 4.69) is 26.2 Å². The van der Waals surface area contributed by atoms with Crippen LogP contribution in [-0.2, 0) is 4.79 Å². The number of fused-ring (bicyclic) bond motifs is 1. The SMILES string of the molecule is N#C/C(=C/c1c(Oc2ccccc2Cl)nc2ccccn2c1=O)C(=O)Nc1cccc(Br)c1. The third kappa shape index (κ3) is 4.95. The van der Waals surface area contributed by atoms with Crippen LogP contribution in [0.3, 0.4) is 0 Å². The molecule has 0 radical (unpaired) electrons. The predicted octanol–water partition coefficient (Wildman–Crippen LogP) is 5.45. The van der Waals surface area contributed by atoms with Crippen LogP contribution >= 0.6 is 27.5 Å². The molecule has 0 fully saturated rings. The Morgan fingerprint density at radius 2 is 1.94 bits per heavy atom. The second-order valence-corrected chi connectivity index (χ2v) is 8.05. The number of anilines is 1. The van der Waals surface area contributed by atoms with Gasteiger partial charge in [0.25, 0.3) is 11.5 Å². The molecule has 4 aromatic rings. The first kappa shape index (κ1) is 22.3. The lowest BCUT2D eigenvalue weighted by Crippen LogP contribution is -2.20. The van der Waals surface area contributed by atoms with Gasteiger partial charge >= 0.3 is 0 Å². The summed E-state index contributed by atoms with van der Waals surface area (Å²) >= 11 is 9.53. The minimum Gasteiger partial charge on any atom is -0.437 e. The molecule has 0 aliphatic carbocycles. The maximum Gasteiger partial charge on any atom is 0.269 e. The number of aromatic nitrogens is 2. The molecular formula is C24H14BrClN4O3. The third-order valence-corrected chi connectivity index (χ3v) is 5.32. The number of nitrogens with zero attached hydrogens (tertiary/aromatic N) is 3. The van der Waals surface area contributed by atoms with Gasteiger partial charge in [-0.25, -0.2) is 0 Å². The van der Waals surface area contributed by atoms with Gasteiger partial charge in [0, 0.05) is 16.4 Å². The van der Waals surface area contributed by atoms with Gasteiger partial charge in [0.2, 0.25) is 5.88 Å². The van der Waals surface area contributed by atoms with Gasteiger partial charge < -0.3 is 10.1 Å². The number of nitriles is 1. The number of para-hydroxylation sites is 1. The maximum atomic E-state index is 13.2. The predicted molar refractivity (Wildman–Crippen MR) is 129 cm³/mol. The first-order chi connectivity index (χ1) is 16.0. The Hall–Kier alpha value is -3.93. The van der Waals surface area contributed by atoms with Gasteiger partial charge in [-0.2, -0.15) is 10.2 Å². The lowest BCUT2D eigenvalue weighted by atomic mass is 10.1. The first-order valence-electron chi connectivity index (χ1n) is 9.59. The molecule has 1 N–H and O–H groups in total. The molecule has 0 unspecified atom stereocenters. The molecule has 0 aliphatic heterocycles. The van der Waals surface area contributed by atoms with E-state index in [4.69, 9.17) is 16.3 Å². The molecule has 0 atom stereocenters. The van der Waals surface area contributed by atoms with Crippen LogP contribution in [0.2, 0.25) is 5.02 Å². The van der Waals surface area contributed by atoms with E-state index < -0.39 is 11.5 Å². The fourth-order valence-electron chi connectivity index (χ4n) is 2.97. The average molecular weight is 522 g/mol. The van der Waals surface area contributed by atoms with Gasteiger partial charge in [-0.15, -0.1) is 0 Å². The van der Waals surface area contributed by atoms with Crippen LogP contribution in [-0.4, -0.2) is 15.3 Å². The van der Waals surface area contributed by atoms with Crippen LogP contribution in [0.15, 0.2) is 87.8 Å². The Bertz CT molecular complexity index is 1510. The molecule has 9 heteroatoms. The number of carbonyl (C=O) groups excluding carboxylic acids is 1. The molecule has 2 aromatic heterocycles. The second kappa shape index (κ2) is 9.69. The van der Waals surface area contributed by atoms with Gasteiger partial charge in [0.15, 0.2) is 0 Å². The fourth-order valence-corrected chi connectivity index (χ4v) is 3.55. The highest BCUT2D eigenvalue weighted by atomic mass is 79.9. The van der Waals surface area contributed by atoms with Crippen molar-refractivity contribution in [3.05, 3.63) is 104 Å². The summed E-state index contributed by atoms with van der Waals surface area (Å²) in [6.07, 6.45) is 2.70. The minimum absolute atomic E-state index is 0.0699. The summed E-state index contributed by atoms with van der Waals surface area (Å²) in [6, 6.07) is 20.5. The zero-order valence-electron chi connectivity index (χ0n) is 16.8. The van der Waals surface area contributed by atoms with Crippen molar-refractivity contribution in [2.24, 2.45) is 0 Å². The van der Waals surface area contributed by atoms with Gasteiger partial charge in [-0.3, -0.25) is 14.0 Å². The number of amides is 1. The van der Waals surface area contributed by atoms with Crippen LogP contribution in [0.25, 0.3) is 11.7 Å². The number of nitrogens with one attached hydrogen (secondary N) is 1. The highest BCUT2D eigenvalue weighted by Crippen LogP contribution is 2.30. The zero-order chi connectivity index (χ0) is 23.4. The van der Waals surface area contributed by atoms with E-state index in [1.165, 1.54) is 10.6 Å². The average Bonchev–Trinajstić information content (AvgIpc) is 2.80. The summed E-state index contributed by atoms with van der Waals surface area (Å²) in [4.78, 5) is 30.4. The summed E-state index contributed by atoms with van der Waals surface area (Å²) in [6.45, 7) is 0. The quantitative estimate of drug-likeness (QED) is 0.278. The highest BCUT2D eigenvalue weighted by Gasteiger charge is 2.18. The smallest absolute Gasteiger partial charge is 0.269 e. The van der Waals surface area contributed by atoms with Crippen molar-refractivity contribution in [2.75, 3.05) is 5.32 Å². The Morgan fingerprint density at radius 1 is 1.15 bits per heavy atom. The summed E-state index contributed by atoms with van der Waals surface area (Å²) in [5.41, 5.74) is -0.0609. The number of halogens is 2. The van der Waals surface area contributed by atoms with Gasteiger partial charge in [-0.1, -0.05) is 51.8 Å². The van der Waals surface area contributed by atoms with Crippen LogP contribution < -0.4 is 15.6 Å². The van der Waals surface area contributed by atoms with E-state index in [0.717, 1.165) is 10.5 Å². The number of hydrogen-bond acceptors (Lipinski definition) is 5. The third-order valence-electron chi connectivity index (χ3n) is 4.51. The second-order valence-electron chi connectivity index (χ2n) is 6.73. The molecule has 2 heterocycles. The number of hydrogen-bond donors (Lipinski definition) is 1. The van der Waals surface area contributed by atoms with Crippen LogP contribution in [0.4, 0.5) is 5.69 Å². The van der Waals surface area contributed by atoms with Crippen LogP contribution in [0.1, 0.15) is 5.56 Å². The molecule has 1 amide bonds. The minimum atomic E-state index is -0.683. The summed E-state index contributed by atoms with van der Waals surface area (Å²) in [5, 5.41) is 12.6. The number of carbonyl (C=O) groups is 1. The molecule has 0 aliphatic rings. The fraction of sp³-hybridized carbons (Fsp3) is 0. The largest absolute Gasteiger partial charge is 0.437 e. The van der Waals surface area contributed by atoms with Gasteiger partial charge in [0.05, 0.1) is 5.02 Å². The van der Waals surface area contributed by atoms with Crippen molar-refractivity contribution in [3.63, 3.8) is 0 Å². The molecule has 0 saturated carbocycles. The van der Waals surface area contributed by atoms with Crippen molar-refractivity contribution in [1.82, 2.24) is 9.38 Å². The van der Waals surface area contributed by atoms with Crippen LogP contribution in [0.5, 0.6) is 11.6 Å². The van der Waals surface area contributed by atoms with Crippen LogP contribution in [0, 0.1) is 11.3 Å². The topological polar surface area (TPSA) is 96.5 Å². The van der Waals surface area contributed by atoms with Gasteiger partial charge in [0.1, 0.15) is 28.6 Å². The van der Waals surface area contributed by atoms with Crippen molar-refractivity contribution in [3.8, 4) is 17.7 Å². The number of rotatable bonds is 5. The van der Waals surface area contributed by atoms with Crippen molar-refractivity contribution >= 4 is 50.8 Å². The van der Waals surface area contributed by atoms with E-state index in [9.17, 15) is 14.9 Å². The number of benzene rings is 2. The summed E-state index contributed by atoms with van der Waals surface area (Å²) in [7, 11) is 0. The van der Waals surface area contributed by atoms with E-state index in [0.29, 0.717) is 16.4 Å². The highest BCUT2D eigenvalue weighted by molar-refractivity contribution is 9.10. The van der Waals surface area contributed by atoms with Crippen molar-refractivity contribution < 1.29 is 9.53 Å². The molecule has 2 aromatic carbocycles. The Morgan fingerprint density at radius 3 is 2.70 bits per heavy atom. The normalized spacial score (nSPS) is 11.1. The van der Waals surface area contributed by atoms with E-state index >= 15 is 0 Å². The number of ether oxygens (including phenoxy) is 1. The monoisotopic (exact) mass is 520 g/mol. The summed E-state index contributed by atoms with van der Waals surface area (Å²) in [5.74, 6) is -0.489. The van der Waals surface area contributed by atoms with E-state index in [-0.39, 0.29) is 22.8 Å². The zero-order valence-corrected chi connectivity index (χ0v) is 19.2. The molecule has 0 bridgehead atoms. The van der Waals surface area contributed by atoms with Crippen molar-refractivity contribution in [1.29, 1.82) is 5.26 Å². The molecule has 162 valence electrons. The van der Waals surface area contributed by atoms with E-state index in [1.54, 1.807) is 66.7 Å². The Labute approximate surface area is 201 Å². The Kier molecular flexibility index (Phi) is 6.54. The molecule has 4 rings (SSSR count). The molecule has 0 saturated heterocycles. The lowest BCUT2D eigenvalue weighted by molar-refractivity contribution is -0.112. The lowest BCUT2D eigenvalue weighted by Gasteiger charge is -2.11. The number of pyridine rings is 1. The molecule has 0 spiro atoms. The summed E-state index contributed by atoms with van der Waals surface area (Å²) < 4.78 is 7.90. The van der Waals surface area contributed by atoms with Gasteiger partial charge in [-0.05, 0) is 48.5 Å². The standard InChI is InChI=1S/C24H14BrClN4O3/c25-16-6-5-7-17(13-16)28-22(31)15(14-27)12-18-23(33-20-9-2-1-8-19(20)26)29-21-10-3-4-11-30(21)24(18)32/h1-13H,(H,28,31)/b15-12-. The molecular weight excluding hydrogens is 508 g/mol. The first-order valence-corrected chi connectivity index (χ1v) is 10.8. The van der Waals surface area contributed by atoms with Crippen molar-refractivity contribution in [2.45, 2.75) is 0 Å². The Balaban J connectivity index is 1.82. The molecule has 7 nitrogen and oxygen atoms in total. The van der Waals surface area contributed by atoms with E-state index in [1.807, 2.05) is 6.07 Å². The molecule has 33 heavy (non-hydrogen) atoms. The maximum absolute atomic E-state index is 13.2.